The van der Waals surface area contributed by atoms with Crippen molar-refractivity contribution in [2.75, 3.05) is 0 Å². The molecule has 0 atom stereocenters. The third-order valence-electron chi connectivity index (χ3n) is 4.53. The number of hydrogen-bond donors (Lipinski definition) is 2. The summed E-state index contributed by atoms with van der Waals surface area (Å²) < 4.78 is 0. The summed E-state index contributed by atoms with van der Waals surface area (Å²) in [4.78, 5) is 12.6. The van der Waals surface area contributed by atoms with E-state index in [1.807, 2.05) is 24.3 Å². The van der Waals surface area contributed by atoms with Gasteiger partial charge >= 0.3 is 0 Å². The first kappa shape index (κ1) is 18.2. The average molecular weight is 349 g/mol. The molecule has 4 nitrogen and oxygen atoms in total. The number of carbonyl (C=O) groups is 1. The summed E-state index contributed by atoms with van der Waals surface area (Å²) >= 11 is 0. The highest BCUT2D eigenvalue weighted by atomic mass is 16.1. The van der Waals surface area contributed by atoms with Gasteiger partial charge in [-0.25, -0.2) is 0 Å². The maximum atomic E-state index is 12.6. The van der Waals surface area contributed by atoms with Gasteiger partial charge in [-0.3, -0.25) is 9.89 Å². The molecule has 1 heterocycles. The van der Waals surface area contributed by atoms with Gasteiger partial charge in [0.2, 0.25) is 0 Å². The lowest BCUT2D eigenvalue weighted by molar-refractivity contribution is 0.0951. The number of aryl methyl sites for hydroxylation is 1. The fourth-order valence-electron chi connectivity index (χ4n) is 3.23. The normalized spacial score (nSPS) is 11.7. The molecular formula is C22H27N3O. The molecule has 0 bridgehead atoms. The van der Waals surface area contributed by atoms with Gasteiger partial charge in [0.15, 0.2) is 0 Å². The first-order valence-corrected chi connectivity index (χ1v) is 9.19. The summed E-state index contributed by atoms with van der Waals surface area (Å²) in [5, 5.41) is 11.4. The molecule has 1 amide bonds. The van der Waals surface area contributed by atoms with E-state index in [1.54, 1.807) is 0 Å². The monoisotopic (exact) mass is 349 g/mol. The van der Waals surface area contributed by atoms with Crippen molar-refractivity contribution in [2.24, 2.45) is 5.41 Å². The minimum atomic E-state index is -0.0549. The van der Waals surface area contributed by atoms with Gasteiger partial charge in [-0.2, -0.15) is 5.10 Å². The summed E-state index contributed by atoms with van der Waals surface area (Å²) in [6, 6.07) is 14.0. The number of aromatic nitrogens is 2. The van der Waals surface area contributed by atoms with E-state index >= 15 is 0 Å². The third kappa shape index (κ3) is 4.13. The fraction of sp³-hybridized carbons (Fsp3) is 0.364. The Kier molecular flexibility index (Phi) is 5.12. The van der Waals surface area contributed by atoms with Gasteiger partial charge in [-0.15, -0.1) is 0 Å². The molecule has 0 radical (unpaired) electrons. The summed E-state index contributed by atoms with van der Waals surface area (Å²) in [5.41, 5.74) is 5.30. The molecule has 26 heavy (non-hydrogen) atoms. The second kappa shape index (κ2) is 7.32. The Morgan fingerprint density at radius 2 is 1.85 bits per heavy atom. The van der Waals surface area contributed by atoms with Crippen LogP contribution in [-0.4, -0.2) is 16.1 Å². The zero-order chi connectivity index (χ0) is 18.7. The molecule has 0 aliphatic heterocycles. The SMILES string of the molecule is CCc1[nH]nc2ccc(C(=O)NCc3ccccc3CC(C)(C)C)cc12. The lowest BCUT2D eigenvalue weighted by Gasteiger charge is -2.20. The van der Waals surface area contributed by atoms with Crippen molar-refractivity contribution in [3.63, 3.8) is 0 Å². The highest BCUT2D eigenvalue weighted by molar-refractivity contribution is 5.98. The Balaban J connectivity index is 1.75. The van der Waals surface area contributed by atoms with Gasteiger partial charge in [0.25, 0.3) is 5.91 Å². The number of benzene rings is 2. The number of hydrogen-bond acceptors (Lipinski definition) is 2. The van der Waals surface area contributed by atoms with Crippen LogP contribution in [0.15, 0.2) is 42.5 Å². The zero-order valence-electron chi connectivity index (χ0n) is 16.0. The van der Waals surface area contributed by atoms with Crippen LogP contribution in [0.25, 0.3) is 10.9 Å². The number of nitrogens with one attached hydrogen (secondary N) is 2. The third-order valence-corrected chi connectivity index (χ3v) is 4.53. The van der Waals surface area contributed by atoms with Crippen molar-refractivity contribution in [3.05, 3.63) is 64.8 Å². The molecule has 4 heteroatoms. The quantitative estimate of drug-likeness (QED) is 0.705. The van der Waals surface area contributed by atoms with E-state index in [2.05, 4.69) is 61.4 Å². The van der Waals surface area contributed by atoms with Crippen LogP contribution in [0.5, 0.6) is 0 Å². The second-order valence-electron chi connectivity index (χ2n) is 7.98. The van der Waals surface area contributed by atoms with Crippen molar-refractivity contribution in [2.45, 2.75) is 47.1 Å². The number of nitrogens with zero attached hydrogens (tertiary/aromatic N) is 1. The summed E-state index contributed by atoms with van der Waals surface area (Å²) in [5.74, 6) is -0.0549. The van der Waals surface area contributed by atoms with E-state index in [1.165, 1.54) is 11.1 Å². The fourth-order valence-corrected chi connectivity index (χ4v) is 3.23. The van der Waals surface area contributed by atoms with E-state index in [-0.39, 0.29) is 11.3 Å². The molecule has 0 fully saturated rings. The van der Waals surface area contributed by atoms with E-state index in [9.17, 15) is 4.79 Å². The van der Waals surface area contributed by atoms with E-state index < -0.39 is 0 Å². The summed E-state index contributed by atoms with van der Waals surface area (Å²) in [6.45, 7) is 9.30. The molecule has 1 aromatic heterocycles. The maximum absolute atomic E-state index is 12.6. The van der Waals surface area contributed by atoms with Crippen molar-refractivity contribution in [1.82, 2.24) is 15.5 Å². The molecule has 2 aromatic carbocycles. The highest BCUT2D eigenvalue weighted by Gasteiger charge is 2.15. The smallest absolute Gasteiger partial charge is 0.251 e. The van der Waals surface area contributed by atoms with Gasteiger partial charge in [-0.1, -0.05) is 52.0 Å². The molecular weight excluding hydrogens is 322 g/mol. The molecule has 0 unspecified atom stereocenters. The predicted octanol–water partition coefficient (Wildman–Crippen LogP) is 4.64. The number of amides is 1. The molecule has 0 aliphatic carbocycles. The average Bonchev–Trinajstić information content (AvgIpc) is 3.01. The van der Waals surface area contributed by atoms with Gasteiger partial charge in [0.1, 0.15) is 0 Å². The molecule has 2 N–H and O–H groups in total. The zero-order valence-corrected chi connectivity index (χ0v) is 16.0. The van der Waals surface area contributed by atoms with Crippen LogP contribution in [0.1, 0.15) is 54.9 Å². The number of aromatic amines is 1. The van der Waals surface area contributed by atoms with Crippen molar-refractivity contribution >= 4 is 16.8 Å². The standard InChI is InChI=1S/C22H27N3O/c1-5-19-18-12-15(10-11-20(18)25-24-19)21(26)23-14-17-9-7-6-8-16(17)13-22(2,3)4/h6-12H,5,13-14H2,1-4H3,(H,23,26)(H,24,25). The van der Waals surface area contributed by atoms with Crippen LogP contribution >= 0.6 is 0 Å². The Morgan fingerprint density at radius 3 is 2.54 bits per heavy atom. The lowest BCUT2D eigenvalue weighted by atomic mass is 9.86. The highest BCUT2D eigenvalue weighted by Crippen LogP contribution is 2.23. The second-order valence-corrected chi connectivity index (χ2v) is 7.98. The Bertz CT molecular complexity index is 919. The van der Waals surface area contributed by atoms with Crippen molar-refractivity contribution in [3.8, 4) is 0 Å². The van der Waals surface area contributed by atoms with Gasteiger partial charge in [-0.05, 0) is 47.6 Å². The first-order chi connectivity index (χ1) is 12.4. The maximum Gasteiger partial charge on any atom is 0.251 e. The first-order valence-electron chi connectivity index (χ1n) is 9.19. The van der Waals surface area contributed by atoms with Crippen molar-refractivity contribution in [1.29, 1.82) is 0 Å². The van der Waals surface area contributed by atoms with E-state index in [0.29, 0.717) is 12.1 Å². The van der Waals surface area contributed by atoms with E-state index in [4.69, 9.17) is 0 Å². The molecule has 0 aliphatic rings. The van der Waals surface area contributed by atoms with Crippen molar-refractivity contribution < 1.29 is 4.79 Å². The van der Waals surface area contributed by atoms with Crippen LogP contribution in [0.4, 0.5) is 0 Å². The van der Waals surface area contributed by atoms with Crippen LogP contribution in [-0.2, 0) is 19.4 Å². The van der Waals surface area contributed by atoms with Crippen LogP contribution < -0.4 is 5.32 Å². The number of H-pyrrole nitrogens is 1. The minimum Gasteiger partial charge on any atom is -0.348 e. The summed E-state index contributed by atoms with van der Waals surface area (Å²) in [6.07, 6.45) is 1.85. The lowest BCUT2D eigenvalue weighted by Crippen LogP contribution is -2.24. The van der Waals surface area contributed by atoms with Gasteiger partial charge in [0, 0.05) is 23.2 Å². The Morgan fingerprint density at radius 1 is 1.12 bits per heavy atom. The summed E-state index contributed by atoms with van der Waals surface area (Å²) in [7, 11) is 0. The van der Waals surface area contributed by atoms with Crippen LogP contribution in [0.2, 0.25) is 0 Å². The number of rotatable bonds is 5. The topological polar surface area (TPSA) is 57.8 Å². The van der Waals surface area contributed by atoms with Crippen LogP contribution in [0, 0.1) is 5.41 Å². The molecule has 3 rings (SSSR count). The molecule has 0 saturated carbocycles. The van der Waals surface area contributed by atoms with Gasteiger partial charge in [0.05, 0.1) is 5.52 Å². The predicted molar refractivity (Wildman–Crippen MR) is 106 cm³/mol. The van der Waals surface area contributed by atoms with Gasteiger partial charge < -0.3 is 5.32 Å². The Hall–Kier alpha value is -2.62. The van der Waals surface area contributed by atoms with E-state index in [0.717, 1.165) is 29.4 Å². The molecule has 0 saturated heterocycles. The number of carbonyl (C=O) groups excluding carboxylic acids is 1. The molecule has 136 valence electrons. The minimum absolute atomic E-state index is 0.0549. The molecule has 0 spiro atoms. The van der Waals surface area contributed by atoms with Crippen LogP contribution in [0.3, 0.4) is 0 Å². The Labute approximate surface area is 155 Å². The largest absolute Gasteiger partial charge is 0.348 e. The number of fused-ring (bicyclic) bond motifs is 1. The molecule has 3 aromatic rings.